The number of carbonyl (C=O) groups excluding carboxylic acids is 1. The molecule has 0 amide bonds. The summed E-state index contributed by atoms with van der Waals surface area (Å²) in [7, 11) is 0. The molecular weight excluding hydrogens is 263 g/mol. The molecule has 2 aromatic rings. The molecule has 1 aromatic carbocycles. The molecule has 0 radical (unpaired) electrons. The number of hydrogen-bond donors (Lipinski definition) is 0. The first kappa shape index (κ1) is 14.0. The summed E-state index contributed by atoms with van der Waals surface area (Å²) in [5, 5.41) is 4.14. The highest BCUT2D eigenvalue weighted by Crippen LogP contribution is 2.21. The van der Waals surface area contributed by atoms with E-state index < -0.39 is 5.97 Å². The van der Waals surface area contributed by atoms with Crippen molar-refractivity contribution in [3.05, 3.63) is 42.0 Å². The maximum Gasteiger partial charge on any atom is 0.362 e. The second-order valence-corrected chi connectivity index (χ2v) is 3.92. The van der Waals surface area contributed by atoms with E-state index in [-0.39, 0.29) is 18.1 Å². The van der Waals surface area contributed by atoms with Gasteiger partial charge < -0.3 is 9.47 Å². The van der Waals surface area contributed by atoms with E-state index in [2.05, 4.69) is 5.10 Å². The Morgan fingerprint density at radius 2 is 1.95 bits per heavy atom. The minimum absolute atomic E-state index is 0.109. The number of carbonyl (C=O) groups is 1. The Balaban J connectivity index is 2.37. The molecule has 0 spiro atoms. The molecule has 6 heteroatoms. The summed E-state index contributed by atoms with van der Waals surface area (Å²) in [6, 6.07) is 5.77. The van der Waals surface area contributed by atoms with Gasteiger partial charge >= 0.3 is 5.97 Å². The van der Waals surface area contributed by atoms with Crippen LogP contribution >= 0.6 is 0 Å². The minimum Gasteiger partial charge on any atom is -0.490 e. The molecule has 0 aliphatic rings. The molecule has 1 aromatic heterocycles. The summed E-state index contributed by atoms with van der Waals surface area (Å²) in [5.74, 6) is -0.538. The number of hydrogen-bond acceptors (Lipinski definition) is 4. The van der Waals surface area contributed by atoms with E-state index in [0.29, 0.717) is 18.0 Å². The third kappa shape index (κ3) is 2.96. The van der Waals surface area contributed by atoms with E-state index in [1.807, 2.05) is 6.92 Å². The third-order valence-corrected chi connectivity index (χ3v) is 2.54. The lowest BCUT2D eigenvalue weighted by atomic mass is 10.3. The van der Waals surface area contributed by atoms with Crippen LogP contribution in [0.1, 0.15) is 24.3 Å². The van der Waals surface area contributed by atoms with Gasteiger partial charge in [0.05, 0.1) is 25.1 Å². The second kappa shape index (κ2) is 6.18. The Kier molecular flexibility index (Phi) is 4.34. The molecule has 0 fully saturated rings. The van der Waals surface area contributed by atoms with Gasteiger partial charge in [-0.05, 0) is 38.1 Å². The van der Waals surface area contributed by atoms with E-state index in [4.69, 9.17) is 9.47 Å². The van der Waals surface area contributed by atoms with E-state index in [0.717, 1.165) is 0 Å². The summed E-state index contributed by atoms with van der Waals surface area (Å²) >= 11 is 0. The van der Waals surface area contributed by atoms with Crippen molar-refractivity contribution in [2.75, 3.05) is 13.2 Å². The first-order valence-electron chi connectivity index (χ1n) is 6.31. The van der Waals surface area contributed by atoms with Gasteiger partial charge in [-0.15, -0.1) is 0 Å². The van der Waals surface area contributed by atoms with Crippen LogP contribution in [0.4, 0.5) is 4.39 Å². The smallest absolute Gasteiger partial charge is 0.362 e. The number of rotatable bonds is 5. The average molecular weight is 278 g/mol. The lowest BCUT2D eigenvalue weighted by Crippen LogP contribution is -2.08. The lowest BCUT2D eigenvalue weighted by molar-refractivity contribution is 0.0514. The Morgan fingerprint density at radius 3 is 2.55 bits per heavy atom. The molecule has 106 valence electrons. The Hall–Kier alpha value is -2.37. The van der Waals surface area contributed by atoms with Crippen molar-refractivity contribution in [1.29, 1.82) is 0 Å². The fourth-order valence-corrected chi connectivity index (χ4v) is 1.69. The van der Waals surface area contributed by atoms with Crippen molar-refractivity contribution in [2.24, 2.45) is 0 Å². The molecule has 0 atom stereocenters. The number of halogens is 1. The van der Waals surface area contributed by atoms with Crippen molar-refractivity contribution in [2.45, 2.75) is 13.8 Å². The van der Waals surface area contributed by atoms with Gasteiger partial charge in [-0.3, -0.25) is 0 Å². The Morgan fingerprint density at radius 1 is 1.25 bits per heavy atom. The fourth-order valence-electron chi connectivity index (χ4n) is 1.69. The Labute approximate surface area is 115 Å². The number of ether oxygens (including phenoxy) is 2. The Bertz CT molecular complexity index is 593. The largest absolute Gasteiger partial charge is 0.490 e. The number of aromatic nitrogens is 2. The highest BCUT2D eigenvalue weighted by atomic mass is 19.1. The predicted octanol–water partition coefficient (Wildman–Crippen LogP) is 2.59. The van der Waals surface area contributed by atoms with Gasteiger partial charge in [0, 0.05) is 0 Å². The normalized spacial score (nSPS) is 10.3. The van der Waals surface area contributed by atoms with Crippen molar-refractivity contribution in [3.8, 4) is 11.4 Å². The summed E-state index contributed by atoms with van der Waals surface area (Å²) in [6.45, 7) is 4.19. The van der Waals surface area contributed by atoms with Crippen molar-refractivity contribution < 1.29 is 18.7 Å². The topological polar surface area (TPSA) is 53.3 Å². The zero-order valence-corrected chi connectivity index (χ0v) is 11.3. The summed E-state index contributed by atoms with van der Waals surface area (Å²) < 4.78 is 24.7. The van der Waals surface area contributed by atoms with Crippen LogP contribution in [-0.2, 0) is 4.74 Å². The molecular formula is C14H15FN2O3. The molecule has 0 aliphatic heterocycles. The molecule has 0 unspecified atom stereocenters. The van der Waals surface area contributed by atoms with Gasteiger partial charge in [0.2, 0.25) is 5.69 Å². The maximum atomic E-state index is 12.9. The molecule has 0 saturated carbocycles. The third-order valence-electron chi connectivity index (χ3n) is 2.54. The van der Waals surface area contributed by atoms with Gasteiger partial charge in [-0.2, -0.15) is 5.10 Å². The van der Waals surface area contributed by atoms with Gasteiger partial charge in [0.25, 0.3) is 0 Å². The number of nitrogens with zero attached hydrogens (tertiary/aromatic N) is 2. The van der Waals surface area contributed by atoms with Crippen molar-refractivity contribution >= 4 is 5.97 Å². The van der Waals surface area contributed by atoms with E-state index in [1.54, 1.807) is 25.3 Å². The van der Waals surface area contributed by atoms with Gasteiger partial charge in [-0.1, -0.05) is 0 Å². The summed E-state index contributed by atoms with van der Waals surface area (Å²) in [4.78, 5) is 11.8. The molecule has 0 N–H and O–H groups in total. The molecule has 2 rings (SSSR count). The summed E-state index contributed by atoms with van der Waals surface area (Å²) in [5.41, 5.74) is 0.737. The van der Waals surface area contributed by atoms with Gasteiger partial charge in [0.15, 0.2) is 5.75 Å². The van der Waals surface area contributed by atoms with E-state index >= 15 is 0 Å². The van der Waals surface area contributed by atoms with Crippen LogP contribution in [0.3, 0.4) is 0 Å². The summed E-state index contributed by atoms with van der Waals surface area (Å²) in [6.07, 6.45) is 1.57. The van der Waals surface area contributed by atoms with Crippen LogP contribution in [0, 0.1) is 5.82 Å². The monoisotopic (exact) mass is 278 g/mol. The molecule has 0 bridgehead atoms. The van der Waals surface area contributed by atoms with Crippen LogP contribution in [0.2, 0.25) is 0 Å². The van der Waals surface area contributed by atoms with Crippen LogP contribution in [0.15, 0.2) is 30.5 Å². The van der Waals surface area contributed by atoms with E-state index in [9.17, 15) is 9.18 Å². The quantitative estimate of drug-likeness (QED) is 0.789. The second-order valence-electron chi connectivity index (χ2n) is 3.92. The highest BCUT2D eigenvalue weighted by Gasteiger charge is 2.19. The molecule has 1 heterocycles. The highest BCUT2D eigenvalue weighted by molar-refractivity contribution is 5.90. The minimum atomic E-state index is -0.545. The first-order valence-corrected chi connectivity index (χ1v) is 6.31. The zero-order valence-electron chi connectivity index (χ0n) is 11.3. The molecule has 20 heavy (non-hydrogen) atoms. The molecule has 0 saturated heterocycles. The van der Waals surface area contributed by atoms with Crippen molar-refractivity contribution in [3.63, 3.8) is 0 Å². The van der Waals surface area contributed by atoms with Crippen LogP contribution in [-0.4, -0.2) is 29.0 Å². The predicted molar refractivity (Wildman–Crippen MR) is 70.6 cm³/mol. The van der Waals surface area contributed by atoms with Crippen LogP contribution in [0.25, 0.3) is 5.69 Å². The SMILES string of the molecule is CCOC(=O)c1nn(-c2ccc(F)cc2)cc1OCC. The standard InChI is InChI=1S/C14H15FN2O3/c1-3-19-12-9-17(11-7-5-10(15)6-8-11)16-13(12)14(18)20-4-2/h5-9H,3-4H2,1-2H3. The molecule has 5 nitrogen and oxygen atoms in total. The average Bonchev–Trinajstić information content (AvgIpc) is 2.84. The number of benzene rings is 1. The van der Waals surface area contributed by atoms with Crippen LogP contribution in [0.5, 0.6) is 5.75 Å². The van der Waals surface area contributed by atoms with Crippen molar-refractivity contribution in [1.82, 2.24) is 9.78 Å². The lowest BCUT2D eigenvalue weighted by Gasteiger charge is -2.01. The van der Waals surface area contributed by atoms with Gasteiger partial charge in [0.1, 0.15) is 5.82 Å². The van der Waals surface area contributed by atoms with E-state index in [1.165, 1.54) is 16.8 Å². The maximum absolute atomic E-state index is 12.9. The zero-order chi connectivity index (χ0) is 14.5. The number of esters is 1. The first-order chi connectivity index (χ1) is 9.65. The van der Waals surface area contributed by atoms with Crippen LogP contribution < -0.4 is 4.74 Å². The fraction of sp³-hybridized carbons (Fsp3) is 0.286. The molecule has 0 aliphatic carbocycles. The van der Waals surface area contributed by atoms with Gasteiger partial charge in [-0.25, -0.2) is 13.9 Å².